The Kier molecular flexibility index (Phi) is 9.82. The fourth-order valence-electron chi connectivity index (χ4n) is 8.80. The first kappa shape index (κ1) is 38.1. The predicted molar refractivity (Wildman–Crippen MR) is 232 cm³/mol. The molecule has 0 saturated heterocycles. The van der Waals surface area contributed by atoms with Crippen LogP contribution in [0.1, 0.15) is 134 Å². The van der Waals surface area contributed by atoms with Crippen molar-refractivity contribution in [2.45, 2.75) is 119 Å². The highest BCUT2D eigenvalue weighted by molar-refractivity contribution is 6.09. The van der Waals surface area contributed by atoms with Gasteiger partial charge in [-0.3, -0.25) is 4.57 Å². The van der Waals surface area contributed by atoms with E-state index in [1.807, 2.05) is 29.1 Å². The van der Waals surface area contributed by atoms with Gasteiger partial charge in [0.25, 0.3) is 0 Å². The summed E-state index contributed by atoms with van der Waals surface area (Å²) in [7, 11) is 0. The van der Waals surface area contributed by atoms with Gasteiger partial charge in [-0.15, -0.1) is 0 Å². The molecule has 0 spiro atoms. The Labute approximate surface area is 328 Å². The van der Waals surface area contributed by atoms with Crippen molar-refractivity contribution < 1.29 is 4.74 Å². The second kappa shape index (κ2) is 14.2. The molecule has 0 fully saturated rings. The summed E-state index contributed by atoms with van der Waals surface area (Å²) in [5.41, 5.74) is 14.1. The number of pyridine rings is 1. The van der Waals surface area contributed by atoms with Crippen molar-refractivity contribution in [1.29, 1.82) is 0 Å². The molecule has 55 heavy (non-hydrogen) atoms. The quantitative estimate of drug-likeness (QED) is 0.156. The van der Waals surface area contributed by atoms with Gasteiger partial charge in [-0.25, -0.2) is 9.67 Å². The minimum Gasteiger partial charge on any atom is -0.457 e. The number of fused-ring (bicyclic) bond motifs is 3. The lowest BCUT2D eigenvalue weighted by atomic mass is 9.65. The zero-order chi connectivity index (χ0) is 39.6. The first-order valence-electron chi connectivity index (χ1n) is 20.0. The third kappa shape index (κ3) is 6.99. The van der Waals surface area contributed by atoms with Crippen molar-refractivity contribution in [2.24, 2.45) is 0 Å². The zero-order valence-electron chi connectivity index (χ0n) is 35.2. The van der Waals surface area contributed by atoms with Gasteiger partial charge >= 0.3 is 0 Å². The Bertz CT molecular complexity index is 2480. The molecule has 5 nitrogen and oxygen atoms in total. The van der Waals surface area contributed by atoms with Crippen molar-refractivity contribution >= 4 is 21.8 Å². The van der Waals surface area contributed by atoms with Gasteiger partial charge in [0.15, 0.2) is 0 Å². The minimum atomic E-state index is -0.0772. The van der Waals surface area contributed by atoms with Crippen LogP contribution in [0.4, 0.5) is 0 Å². The minimum absolute atomic E-state index is 0.0772. The van der Waals surface area contributed by atoms with Crippen molar-refractivity contribution in [2.75, 3.05) is 0 Å². The van der Waals surface area contributed by atoms with Crippen LogP contribution in [0.5, 0.6) is 11.5 Å². The molecule has 0 radical (unpaired) electrons. The summed E-state index contributed by atoms with van der Waals surface area (Å²) in [5.74, 6) is 3.59. The summed E-state index contributed by atoms with van der Waals surface area (Å²) >= 11 is 0. The lowest BCUT2D eigenvalue weighted by Gasteiger charge is -2.39. The number of ether oxygens (including phenoxy) is 1. The van der Waals surface area contributed by atoms with Crippen LogP contribution in [0.2, 0.25) is 0 Å². The highest BCUT2D eigenvalue weighted by Gasteiger charge is 2.36. The van der Waals surface area contributed by atoms with Gasteiger partial charge in [-0.2, -0.15) is 5.10 Å². The molecule has 0 aliphatic rings. The monoisotopic (exact) mass is 730 g/mol. The summed E-state index contributed by atoms with van der Waals surface area (Å²) in [4.78, 5) is 4.75. The molecule has 0 N–H and O–H groups in total. The molecule has 7 aromatic rings. The van der Waals surface area contributed by atoms with E-state index in [9.17, 15) is 0 Å². The Morgan fingerprint density at radius 1 is 0.618 bits per heavy atom. The summed E-state index contributed by atoms with van der Waals surface area (Å²) in [6.45, 7) is 30.6. The highest BCUT2D eigenvalue weighted by atomic mass is 16.5. The Hall–Kier alpha value is -5.16. The molecule has 0 aliphatic carbocycles. The maximum absolute atomic E-state index is 6.62. The third-order valence-corrected chi connectivity index (χ3v) is 10.8. The van der Waals surface area contributed by atoms with Gasteiger partial charge in [-0.1, -0.05) is 107 Å². The van der Waals surface area contributed by atoms with Gasteiger partial charge in [0.2, 0.25) is 0 Å². The number of para-hydroxylation sites is 1. The fraction of sp³-hybridized carbons (Fsp3) is 0.360. The Morgan fingerprint density at radius 2 is 1.24 bits per heavy atom. The molecule has 7 rings (SSSR count). The lowest BCUT2D eigenvalue weighted by Crippen LogP contribution is -2.27. The molecule has 284 valence electrons. The van der Waals surface area contributed by atoms with Crippen molar-refractivity contribution in [3.05, 3.63) is 131 Å². The van der Waals surface area contributed by atoms with Gasteiger partial charge in [0.1, 0.15) is 17.3 Å². The van der Waals surface area contributed by atoms with E-state index in [2.05, 4.69) is 168 Å². The average molecular weight is 731 g/mol. The van der Waals surface area contributed by atoms with Crippen molar-refractivity contribution in [3.63, 3.8) is 0 Å². The SMILES string of the molecule is Cc1ccnc(-n2c3ccccc3c3ccc(Oc4cccc(-n5cc(-c6c(C(C)(C)C)c(C(C)C)c(C(C)C)c(C(C)C)c6C(C)(C)C)cn5)c4)cc32)c1. The van der Waals surface area contributed by atoms with Crippen LogP contribution in [0.3, 0.4) is 0 Å². The molecule has 0 saturated carbocycles. The molecule has 4 aromatic carbocycles. The number of benzene rings is 4. The van der Waals surface area contributed by atoms with Gasteiger partial charge in [0.05, 0.1) is 22.9 Å². The van der Waals surface area contributed by atoms with E-state index in [1.165, 1.54) is 44.3 Å². The maximum atomic E-state index is 6.62. The molecule has 0 atom stereocenters. The molecule has 0 amide bonds. The van der Waals surface area contributed by atoms with Crippen LogP contribution in [0, 0.1) is 6.92 Å². The fourth-order valence-corrected chi connectivity index (χ4v) is 8.80. The number of hydrogen-bond donors (Lipinski definition) is 0. The molecular weight excluding hydrogens is 673 g/mol. The van der Waals surface area contributed by atoms with E-state index in [0.717, 1.165) is 45.0 Å². The Balaban J connectivity index is 1.34. The van der Waals surface area contributed by atoms with Gasteiger partial charge in [-0.05, 0) is 117 Å². The van der Waals surface area contributed by atoms with Crippen LogP contribution in [0.25, 0.3) is 44.4 Å². The molecular formula is C50H58N4O. The standard InChI is InChI=1S/C50H58N4O/c1-30(2)43-44(31(3)4)47(49(8,9)10)46(48(50(11,12)13)45(43)32(5)6)34-28-52-53(29-34)35-17-16-18-36(26-35)55-37-21-22-39-38-19-14-15-20-40(38)54(41(39)27-37)42-25-33(7)23-24-51-42/h14-32H,1-13H3. The van der Waals surface area contributed by atoms with Crippen molar-refractivity contribution in [1.82, 2.24) is 19.3 Å². The number of nitrogens with zero attached hydrogens (tertiary/aromatic N) is 4. The highest BCUT2D eigenvalue weighted by Crippen LogP contribution is 2.51. The van der Waals surface area contributed by atoms with Gasteiger partial charge in [0, 0.05) is 40.9 Å². The number of aryl methyl sites for hydroxylation is 1. The van der Waals surface area contributed by atoms with Crippen LogP contribution in [-0.2, 0) is 10.8 Å². The maximum Gasteiger partial charge on any atom is 0.137 e. The second-order valence-electron chi connectivity index (χ2n) is 18.3. The lowest BCUT2D eigenvalue weighted by molar-refractivity contribution is 0.483. The molecule has 0 unspecified atom stereocenters. The van der Waals surface area contributed by atoms with E-state index >= 15 is 0 Å². The number of hydrogen-bond acceptors (Lipinski definition) is 3. The normalized spacial score (nSPS) is 12.6. The van der Waals surface area contributed by atoms with E-state index in [1.54, 1.807) is 0 Å². The van der Waals surface area contributed by atoms with E-state index < -0.39 is 0 Å². The molecule has 0 bridgehead atoms. The summed E-state index contributed by atoms with van der Waals surface area (Å²) in [6, 6.07) is 27.2. The Morgan fingerprint density at radius 3 is 1.85 bits per heavy atom. The molecule has 3 heterocycles. The topological polar surface area (TPSA) is 44.9 Å². The van der Waals surface area contributed by atoms with Gasteiger partial charge < -0.3 is 4.74 Å². The average Bonchev–Trinajstić information content (AvgIpc) is 3.73. The smallest absolute Gasteiger partial charge is 0.137 e. The van der Waals surface area contributed by atoms with Crippen LogP contribution < -0.4 is 4.74 Å². The van der Waals surface area contributed by atoms with Crippen LogP contribution in [0.15, 0.2) is 97.5 Å². The summed E-state index contributed by atoms with van der Waals surface area (Å²) < 4.78 is 10.9. The predicted octanol–water partition coefficient (Wildman–Crippen LogP) is 14.1. The first-order chi connectivity index (χ1) is 26.0. The van der Waals surface area contributed by atoms with Crippen LogP contribution in [-0.4, -0.2) is 19.3 Å². The largest absolute Gasteiger partial charge is 0.457 e. The summed E-state index contributed by atoms with van der Waals surface area (Å²) in [6.07, 6.45) is 6.17. The zero-order valence-corrected chi connectivity index (χ0v) is 35.2. The van der Waals surface area contributed by atoms with E-state index in [0.29, 0.717) is 17.8 Å². The first-order valence-corrected chi connectivity index (χ1v) is 20.0. The van der Waals surface area contributed by atoms with E-state index in [4.69, 9.17) is 14.8 Å². The summed E-state index contributed by atoms with van der Waals surface area (Å²) in [5, 5.41) is 7.38. The van der Waals surface area contributed by atoms with Crippen molar-refractivity contribution in [3.8, 4) is 34.1 Å². The molecule has 0 aliphatic heterocycles. The number of aromatic nitrogens is 4. The third-order valence-electron chi connectivity index (χ3n) is 10.8. The number of rotatable bonds is 8. The molecule has 5 heteroatoms. The molecule has 3 aromatic heterocycles. The second-order valence-corrected chi connectivity index (χ2v) is 18.3. The van der Waals surface area contributed by atoms with E-state index in [-0.39, 0.29) is 10.8 Å². The van der Waals surface area contributed by atoms with Crippen LogP contribution >= 0.6 is 0 Å².